The maximum absolute atomic E-state index is 12.1. The predicted octanol–water partition coefficient (Wildman–Crippen LogP) is 10.5. The van der Waals surface area contributed by atoms with Gasteiger partial charge >= 0.3 is 0 Å². The third-order valence-electron chi connectivity index (χ3n) is 10.3. The van der Waals surface area contributed by atoms with Crippen molar-refractivity contribution < 1.29 is 9.53 Å². The number of imidazole rings is 1. The van der Waals surface area contributed by atoms with Crippen LogP contribution < -0.4 is 9.64 Å². The van der Waals surface area contributed by atoms with Crippen LogP contribution in [0.5, 0.6) is 11.5 Å². The minimum Gasteiger partial charge on any atom is -0.456 e. The first-order valence-corrected chi connectivity index (χ1v) is 19.3. The Morgan fingerprint density at radius 3 is 2.16 bits per heavy atom. The van der Waals surface area contributed by atoms with Gasteiger partial charge in [0.25, 0.3) is 0 Å². The molecule has 5 heterocycles. The van der Waals surface area contributed by atoms with Crippen LogP contribution in [0, 0.1) is 0 Å². The normalized spacial score (nSPS) is 16.7. The van der Waals surface area contributed by atoms with Gasteiger partial charge in [-0.2, -0.15) is 0 Å². The van der Waals surface area contributed by atoms with Crippen LogP contribution in [0.1, 0.15) is 129 Å². The Balaban J connectivity index is 1.04. The van der Waals surface area contributed by atoms with Crippen molar-refractivity contribution in [3.63, 3.8) is 0 Å². The van der Waals surface area contributed by atoms with Crippen LogP contribution >= 0.6 is 0 Å². The Morgan fingerprint density at radius 1 is 0.776 bits per heavy atom. The molecule has 262 valence electrons. The van der Waals surface area contributed by atoms with Crippen molar-refractivity contribution in [2.45, 2.75) is 129 Å². The summed E-state index contributed by atoms with van der Waals surface area (Å²) in [5.41, 5.74) is 2.89. The highest BCUT2D eigenvalue weighted by Crippen LogP contribution is 2.37. The van der Waals surface area contributed by atoms with Gasteiger partial charge in [0.15, 0.2) is 5.82 Å². The lowest BCUT2D eigenvalue weighted by molar-refractivity contribution is -0.117. The van der Waals surface area contributed by atoms with Crippen molar-refractivity contribution in [2.24, 2.45) is 0 Å². The number of rotatable bonds is 20. The van der Waals surface area contributed by atoms with Gasteiger partial charge in [0, 0.05) is 38.3 Å². The van der Waals surface area contributed by atoms with E-state index in [4.69, 9.17) is 14.7 Å². The summed E-state index contributed by atoms with van der Waals surface area (Å²) in [6.07, 6.45) is 27.0. The standard InChI is InChI=1S/C41H56N6O2/c1-2-3-4-5-6-7-8-9-10-11-12-13-14-17-28-45-29-18-21-39(45)47-37-25-23-33(31-36(37)44-41(47)35-20-15-16-27-42-35)49-34-24-26-38(43-32-34)46-30-19-22-40(46)48/h15-16,20,23-27,31-32,39H,2-14,17-19,21-22,28-30H2,1H3. The zero-order valence-corrected chi connectivity index (χ0v) is 29.7. The van der Waals surface area contributed by atoms with Gasteiger partial charge in [0.05, 0.1) is 23.4 Å². The summed E-state index contributed by atoms with van der Waals surface area (Å²) in [5.74, 6) is 3.06. The van der Waals surface area contributed by atoms with Crippen molar-refractivity contribution >= 4 is 22.8 Å². The van der Waals surface area contributed by atoms with Crippen LogP contribution in [0.15, 0.2) is 60.9 Å². The minimum absolute atomic E-state index is 0.131. The molecule has 8 nitrogen and oxygen atoms in total. The van der Waals surface area contributed by atoms with Gasteiger partial charge in [-0.05, 0) is 62.1 Å². The molecule has 0 radical (unpaired) electrons. The van der Waals surface area contributed by atoms with Crippen molar-refractivity contribution in [1.29, 1.82) is 0 Å². The number of carbonyl (C=O) groups excluding carboxylic acids is 1. The highest BCUT2D eigenvalue weighted by atomic mass is 16.5. The molecular formula is C41H56N6O2. The number of ether oxygens (including phenoxy) is 1. The topological polar surface area (TPSA) is 76.4 Å². The molecule has 2 fully saturated rings. The molecule has 4 aromatic rings. The highest BCUT2D eigenvalue weighted by Gasteiger charge is 2.30. The van der Waals surface area contributed by atoms with E-state index in [-0.39, 0.29) is 12.1 Å². The number of carbonyl (C=O) groups is 1. The number of benzene rings is 1. The van der Waals surface area contributed by atoms with Gasteiger partial charge in [-0.15, -0.1) is 0 Å². The molecule has 2 aliphatic heterocycles. The number of pyridine rings is 2. The second kappa shape index (κ2) is 18.3. The van der Waals surface area contributed by atoms with Crippen molar-refractivity contribution in [3.05, 3.63) is 60.9 Å². The molecule has 1 atom stereocenters. The van der Waals surface area contributed by atoms with Gasteiger partial charge in [-0.25, -0.2) is 9.97 Å². The Hall–Kier alpha value is -3.78. The lowest BCUT2D eigenvalue weighted by Gasteiger charge is -2.27. The van der Waals surface area contributed by atoms with E-state index in [1.54, 1.807) is 11.1 Å². The SMILES string of the molecule is CCCCCCCCCCCCCCCCN1CCCC1n1c(-c2ccccn2)nc2cc(Oc3ccc(N4CCCC4=O)nc3)ccc21. The Kier molecular flexibility index (Phi) is 13.1. The molecule has 0 aliphatic carbocycles. The van der Waals surface area contributed by atoms with E-state index in [2.05, 4.69) is 33.5 Å². The Labute approximate surface area is 293 Å². The van der Waals surface area contributed by atoms with Gasteiger partial charge in [0.1, 0.15) is 23.0 Å². The molecule has 8 heteroatoms. The first kappa shape index (κ1) is 35.1. The van der Waals surface area contributed by atoms with E-state index in [0.717, 1.165) is 55.0 Å². The summed E-state index contributed by atoms with van der Waals surface area (Å²) in [6.45, 7) is 5.26. The highest BCUT2D eigenvalue weighted by molar-refractivity contribution is 5.94. The molecule has 2 saturated heterocycles. The second-order valence-electron chi connectivity index (χ2n) is 14.0. The van der Waals surface area contributed by atoms with E-state index in [1.807, 2.05) is 42.6 Å². The molecule has 0 bridgehead atoms. The molecule has 2 aliphatic rings. The summed E-state index contributed by atoms with van der Waals surface area (Å²) in [4.78, 5) is 30.9. The number of hydrogen-bond donors (Lipinski definition) is 0. The lowest BCUT2D eigenvalue weighted by atomic mass is 10.0. The number of amides is 1. The third-order valence-corrected chi connectivity index (χ3v) is 10.3. The summed E-state index contributed by atoms with van der Waals surface area (Å²) < 4.78 is 8.64. The molecule has 0 saturated carbocycles. The van der Waals surface area contributed by atoms with Crippen molar-refractivity contribution in [2.75, 3.05) is 24.5 Å². The lowest BCUT2D eigenvalue weighted by Crippen LogP contribution is -2.29. The van der Waals surface area contributed by atoms with E-state index in [0.29, 0.717) is 23.7 Å². The summed E-state index contributed by atoms with van der Waals surface area (Å²) in [5, 5.41) is 0. The minimum atomic E-state index is 0.131. The number of unbranched alkanes of at least 4 members (excludes halogenated alkanes) is 13. The van der Waals surface area contributed by atoms with Crippen LogP contribution in [0.25, 0.3) is 22.6 Å². The van der Waals surface area contributed by atoms with Gasteiger partial charge in [0.2, 0.25) is 5.91 Å². The van der Waals surface area contributed by atoms with Crippen molar-refractivity contribution in [1.82, 2.24) is 24.4 Å². The van der Waals surface area contributed by atoms with Crippen LogP contribution in [0.4, 0.5) is 5.82 Å². The molecule has 1 aromatic carbocycles. The van der Waals surface area contributed by atoms with Crippen molar-refractivity contribution in [3.8, 4) is 23.0 Å². The quantitative estimate of drug-likeness (QED) is 0.0875. The average molecular weight is 665 g/mol. The number of nitrogens with zero attached hydrogens (tertiary/aromatic N) is 6. The first-order chi connectivity index (χ1) is 24.2. The predicted molar refractivity (Wildman–Crippen MR) is 199 cm³/mol. The molecule has 6 rings (SSSR count). The van der Waals surface area contributed by atoms with Gasteiger partial charge in [-0.3, -0.25) is 19.6 Å². The molecule has 1 amide bonds. The number of fused-ring (bicyclic) bond motifs is 1. The number of hydrogen-bond acceptors (Lipinski definition) is 6. The fourth-order valence-corrected chi connectivity index (χ4v) is 7.61. The van der Waals surface area contributed by atoms with Gasteiger partial charge in [-0.1, -0.05) is 96.5 Å². The van der Waals surface area contributed by atoms with Crippen LogP contribution in [0.3, 0.4) is 0 Å². The second-order valence-corrected chi connectivity index (χ2v) is 14.0. The number of likely N-dealkylation sites (tertiary alicyclic amines) is 1. The summed E-state index contributed by atoms with van der Waals surface area (Å²) in [7, 11) is 0. The Bertz CT molecular complexity index is 1590. The van der Waals surface area contributed by atoms with Gasteiger partial charge < -0.3 is 9.30 Å². The first-order valence-electron chi connectivity index (χ1n) is 19.3. The van der Waals surface area contributed by atoms with Crippen LogP contribution in [-0.4, -0.2) is 50.0 Å². The van der Waals surface area contributed by atoms with Crippen LogP contribution in [-0.2, 0) is 4.79 Å². The zero-order chi connectivity index (χ0) is 33.7. The van der Waals surface area contributed by atoms with E-state index in [9.17, 15) is 4.79 Å². The summed E-state index contributed by atoms with van der Waals surface area (Å²) in [6, 6.07) is 16.0. The molecular weight excluding hydrogens is 608 g/mol. The van der Waals surface area contributed by atoms with E-state index < -0.39 is 0 Å². The van der Waals surface area contributed by atoms with E-state index in [1.165, 1.54) is 96.3 Å². The largest absolute Gasteiger partial charge is 0.456 e. The fraction of sp³-hybridized carbons (Fsp3) is 0.561. The summed E-state index contributed by atoms with van der Waals surface area (Å²) >= 11 is 0. The third kappa shape index (κ3) is 9.47. The molecule has 0 N–H and O–H groups in total. The van der Waals surface area contributed by atoms with E-state index >= 15 is 0 Å². The smallest absolute Gasteiger partial charge is 0.228 e. The number of aromatic nitrogens is 4. The molecule has 49 heavy (non-hydrogen) atoms. The number of anilines is 1. The van der Waals surface area contributed by atoms with Crippen LogP contribution in [0.2, 0.25) is 0 Å². The average Bonchev–Trinajstić information content (AvgIpc) is 3.87. The maximum atomic E-state index is 12.1. The zero-order valence-electron chi connectivity index (χ0n) is 29.7. The fourth-order valence-electron chi connectivity index (χ4n) is 7.61. The monoisotopic (exact) mass is 664 g/mol. The molecule has 1 unspecified atom stereocenters. The maximum Gasteiger partial charge on any atom is 0.228 e. The molecule has 3 aromatic heterocycles. The molecule has 0 spiro atoms. The Morgan fingerprint density at radius 2 is 1.51 bits per heavy atom.